The summed E-state index contributed by atoms with van der Waals surface area (Å²) in [4.78, 5) is 18.9. The van der Waals surface area contributed by atoms with E-state index in [1.807, 2.05) is 55.4 Å². The van der Waals surface area contributed by atoms with Crippen molar-refractivity contribution >= 4 is 28.6 Å². The van der Waals surface area contributed by atoms with Crippen LogP contribution in [0.4, 0.5) is 17.6 Å². The summed E-state index contributed by atoms with van der Waals surface area (Å²) in [5.41, 5.74) is 3.93. The molecule has 26 heavy (non-hydrogen) atoms. The van der Waals surface area contributed by atoms with Crippen LogP contribution >= 0.6 is 0 Å². The van der Waals surface area contributed by atoms with E-state index in [0.29, 0.717) is 11.8 Å². The second-order valence-electron chi connectivity index (χ2n) is 6.24. The maximum Gasteiger partial charge on any atom is 0.227 e. The lowest BCUT2D eigenvalue weighted by Gasteiger charge is -2.24. The number of hydrogen-bond donors (Lipinski definition) is 3. The highest BCUT2D eigenvalue weighted by Crippen LogP contribution is 2.24. The van der Waals surface area contributed by atoms with Gasteiger partial charge in [0.15, 0.2) is 5.82 Å². The van der Waals surface area contributed by atoms with Crippen LogP contribution in [0.25, 0.3) is 11.0 Å². The topological polar surface area (TPSA) is 98.4 Å². The van der Waals surface area contributed by atoms with E-state index in [2.05, 4.69) is 37.4 Å². The van der Waals surface area contributed by atoms with Crippen molar-refractivity contribution in [1.29, 1.82) is 0 Å². The smallest absolute Gasteiger partial charge is 0.227 e. The molecule has 0 aromatic carbocycles. The molecule has 1 atom stereocenters. The molecule has 0 radical (unpaired) electrons. The number of anilines is 3. The summed E-state index contributed by atoms with van der Waals surface area (Å²) >= 11 is 0. The maximum absolute atomic E-state index is 4.72. The highest BCUT2D eigenvalue weighted by Gasteiger charge is 2.17. The second-order valence-corrected chi connectivity index (χ2v) is 6.24. The standard InChI is InChI=1S/C18H20N8/c1-11-10-17(25-24-11)22-16-7-9-20-18(23-16)26(3)12(2)13-4-5-14-15(21-13)6-8-19-14/h4-10,12,19H,1-3H3,(H2,20,22,23,24,25)/t12-/m1/s1. The fraction of sp³-hybridized carbons (Fsp3) is 0.222. The third-order valence-electron chi connectivity index (χ3n) is 4.36. The molecule has 0 aliphatic carbocycles. The molecule has 0 saturated heterocycles. The van der Waals surface area contributed by atoms with E-state index < -0.39 is 0 Å². The Kier molecular flexibility index (Phi) is 4.00. The third-order valence-corrected chi connectivity index (χ3v) is 4.36. The lowest BCUT2D eigenvalue weighted by atomic mass is 10.2. The lowest BCUT2D eigenvalue weighted by molar-refractivity contribution is 0.697. The minimum Gasteiger partial charge on any atom is -0.360 e. The van der Waals surface area contributed by atoms with Gasteiger partial charge in [0.1, 0.15) is 5.82 Å². The summed E-state index contributed by atoms with van der Waals surface area (Å²) < 4.78 is 0. The molecule has 4 rings (SSSR count). The van der Waals surface area contributed by atoms with E-state index in [-0.39, 0.29) is 6.04 Å². The van der Waals surface area contributed by atoms with E-state index >= 15 is 0 Å². The number of aromatic amines is 2. The molecule has 0 bridgehead atoms. The molecular formula is C18H20N8. The van der Waals surface area contributed by atoms with Gasteiger partial charge in [0.05, 0.1) is 22.8 Å². The van der Waals surface area contributed by atoms with Crippen molar-refractivity contribution in [2.45, 2.75) is 19.9 Å². The van der Waals surface area contributed by atoms with Crippen LogP contribution in [0, 0.1) is 6.92 Å². The van der Waals surface area contributed by atoms with Crippen LogP contribution in [0.2, 0.25) is 0 Å². The van der Waals surface area contributed by atoms with Crippen molar-refractivity contribution in [3.8, 4) is 0 Å². The number of fused-ring (bicyclic) bond motifs is 1. The minimum atomic E-state index is 0.0252. The molecular weight excluding hydrogens is 328 g/mol. The van der Waals surface area contributed by atoms with Crippen LogP contribution in [0.3, 0.4) is 0 Å². The van der Waals surface area contributed by atoms with Gasteiger partial charge in [-0.1, -0.05) is 0 Å². The van der Waals surface area contributed by atoms with Gasteiger partial charge in [0, 0.05) is 31.2 Å². The molecule has 0 unspecified atom stereocenters. The molecule has 0 aliphatic rings. The summed E-state index contributed by atoms with van der Waals surface area (Å²) in [6.45, 7) is 4.04. The molecule has 4 aromatic heterocycles. The van der Waals surface area contributed by atoms with E-state index in [9.17, 15) is 0 Å². The summed E-state index contributed by atoms with van der Waals surface area (Å²) in [6.07, 6.45) is 3.63. The van der Waals surface area contributed by atoms with E-state index in [1.165, 1.54) is 0 Å². The number of nitrogens with one attached hydrogen (secondary N) is 3. The molecule has 4 heterocycles. The lowest BCUT2D eigenvalue weighted by Crippen LogP contribution is -2.24. The average molecular weight is 348 g/mol. The molecule has 0 fully saturated rings. The zero-order chi connectivity index (χ0) is 18.1. The number of hydrogen-bond acceptors (Lipinski definition) is 6. The van der Waals surface area contributed by atoms with Crippen molar-refractivity contribution in [3.63, 3.8) is 0 Å². The van der Waals surface area contributed by atoms with Crippen LogP contribution < -0.4 is 10.2 Å². The highest BCUT2D eigenvalue weighted by atomic mass is 15.3. The van der Waals surface area contributed by atoms with Crippen molar-refractivity contribution in [3.05, 3.63) is 54.1 Å². The molecule has 132 valence electrons. The number of rotatable bonds is 5. The number of pyridine rings is 1. The zero-order valence-corrected chi connectivity index (χ0v) is 14.9. The number of H-pyrrole nitrogens is 2. The molecule has 4 aromatic rings. The van der Waals surface area contributed by atoms with Crippen LogP contribution in [0.15, 0.2) is 42.7 Å². The molecule has 0 amide bonds. The summed E-state index contributed by atoms with van der Waals surface area (Å²) in [7, 11) is 1.96. The van der Waals surface area contributed by atoms with Gasteiger partial charge >= 0.3 is 0 Å². The van der Waals surface area contributed by atoms with Gasteiger partial charge in [0.25, 0.3) is 0 Å². The van der Waals surface area contributed by atoms with E-state index in [1.54, 1.807) is 6.20 Å². The number of nitrogens with zero attached hydrogens (tertiary/aromatic N) is 5. The van der Waals surface area contributed by atoms with Gasteiger partial charge in [0.2, 0.25) is 5.95 Å². The van der Waals surface area contributed by atoms with Crippen molar-refractivity contribution in [2.24, 2.45) is 0 Å². The first-order valence-corrected chi connectivity index (χ1v) is 8.39. The molecule has 8 nitrogen and oxygen atoms in total. The molecule has 0 spiro atoms. The monoisotopic (exact) mass is 348 g/mol. The predicted octanol–water partition coefficient (Wildman–Crippen LogP) is 3.33. The van der Waals surface area contributed by atoms with Gasteiger partial charge < -0.3 is 15.2 Å². The Balaban J connectivity index is 1.56. The highest BCUT2D eigenvalue weighted by molar-refractivity contribution is 5.74. The minimum absolute atomic E-state index is 0.0252. The van der Waals surface area contributed by atoms with Gasteiger partial charge in [-0.3, -0.25) is 5.10 Å². The first-order chi connectivity index (χ1) is 12.6. The fourth-order valence-electron chi connectivity index (χ4n) is 2.76. The maximum atomic E-state index is 4.72. The summed E-state index contributed by atoms with van der Waals surface area (Å²) in [5.74, 6) is 2.03. The van der Waals surface area contributed by atoms with Gasteiger partial charge in [-0.15, -0.1) is 0 Å². The normalized spacial score (nSPS) is 12.3. The Morgan fingerprint density at radius 3 is 2.81 bits per heavy atom. The van der Waals surface area contributed by atoms with E-state index in [4.69, 9.17) is 4.98 Å². The van der Waals surface area contributed by atoms with Crippen LogP contribution in [0.1, 0.15) is 24.4 Å². The summed E-state index contributed by atoms with van der Waals surface area (Å²) in [5, 5.41) is 10.2. The SMILES string of the molecule is Cc1cc(Nc2ccnc(N(C)[C@H](C)c3ccc4[nH]ccc4n3)n2)n[nH]1. The third kappa shape index (κ3) is 3.08. The Morgan fingerprint density at radius 1 is 1.12 bits per heavy atom. The largest absolute Gasteiger partial charge is 0.360 e. The Hall–Kier alpha value is -3.42. The van der Waals surface area contributed by atoms with E-state index in [0.717, 1.165) is 28.2 Å². The van der Waals surface area contributed by atoms with Gasteiger partial charge in [-0.25, -0.2) is 9.97 Å². The predicted molar refractivity (Wildman–Crippen MR) is 102 cm³/mol. The van der Waals surface area contributed by atoms with Crippen LogP contribution in [0.5, 0.6) is 0 Å². The van der Waals surface area contributed by atoms with Gasteiger partial charge in [-0.05, 0) is 38.1 Å². The molecule has 3 N–H and O–H groups in total. The van der Waals surface area contributed by atoms with Crippen molar-refractivity contribution in [2.75, 3.05) is 17.3 Å². The molecule has 0 aliphatic heterocycles. The number of aromatic nitrogens is 6. The van der Waals surface area contributed by atoms with Crippen LogP contribution in [-0.4, -0.2) is 37.2 Å². The average Bonchev–Trinajstić information content (AvgIpc) is 3.28. The Bertz CT molecular complexity index is 1030. The fourth-order valence-corrected chi connectivity index (χ4v) is 2.76. The van der Waals surface area contributed by atoms with Crippen LogP contribution in [-0.2, 0) is 0 Å². The Labute approximate surface area is 150 Å². The number of aryl methyl sites for hydroxylation is 1. The van der Waals surface area contributed by atoms with Gasteiger partial charge in [-0.2, -0.15) is 10.1 Å². The first-order valence-electron chi connectivity index (χ1n) is 8.39. The Morgan fingerprint density at radius 2 is 2.00 bits per heavy atom. The molecule has 8 heteroatoms. The van der Waals surface area contributed by atoms with Crippen molar-refractivity contribution in [1.82, 2.24) is 30.1 Å². The quantitative estimate of drug-likeness (QED) is 0.512. The zero-order valence-electron chi connectivity index (χ0n) is 14.9. The first kappa shape index (κ1) is 16.1. The summed E-state index contributed by atoms with van der Waals surface area (Å²) in [6, 6.07) is 9.80. The van der Waals surface area contributed by atoms with Crippen molar-refractivity contribution < 1.29 is 0 Å². The second kappa shape index (κ2) is 6.47. The molecule has 0 saturated carbocycles.